The maximum Gasteiger partial charge on any atom is 0.178 e. The van der Waals surface area contributed by atoms with E-state index in [1.165, 1.54) is 12.2 Å². The standard InChI is InChI=1S/C23H33FO5/c1-14(12-25)8-19-18-5-4-15-9-16(27)6-7-22(15,3)23(18,24)20(29)11-21(19,2)10-17(28)13-26/h6-7,9,14,18-20,25-26,29H,4-5,8,10-13H2,1-3H3/t14?,18?,19?,20?,21?,22?,23-/m0/s1. The van der Waals surface area contributed by atoms with E-state index in [4.69, 9.17) is 0 Å². The molecule has 0 radical (unpaired) electrons. The van der Waals surface area contributed by atoms with Crippen LogP contribution in [0.2, 0.25) is 0 Å². The molecule has 5 nitrogen and oxygen atoms in total. The van der Waals surface area contributed by atoms with Crippen LogP contribution in [-0.2, 0) is 9.59 Å². The highest BCUT2D eigenvalue weighted by Crippen LogP contribution is 2.65. The summed E-state index contributed by atoms with van der Waals surface area (Å²) in [6.45, 7) is 4.94. The van der Waals surface area contributed by atoms with Gasteiger partial charge in [0, 0.05) is 24.4 Å². The van der Waals surface area contributed by atoms with Gasteiger partial charge in [0.2, 0.25) is 0 Å². The average Bonchev–Trinajstić information content (AvgIpc) is 2.67. The molecule has 0 aromatic rings. The molecule has 0 aromatic heterocycles. The van der Waals surface area contributed by atoms with Crippen LogP contribution in [0.15, 0.2) is 23.8 Å². The molecule has 3 N–H and O–H groups in total. The van der Waals surface area contributed by atoms with Gasteiger partial charge in [0.1, 0.15) is 6.61 Å². The van der Waals surface area contributed by atoms with Crippen molar-refractivity contribution < 1.29 is 29.3 Å². The predicted octanol–water partition coefficient (Wildman–Crippen LogP) is 2.53. The number of aliphatic hydroxyl groups excluding tert-OH is 3. The summed E-state index contributed by atoms with van der Waals surface area (Å²) < 4.78 is 17.0. The summed E-state index contributed by atoms with van der Waals surface area (Å²) in [6, 6.07) is 0. The van der Waals surface area contributed by atoms with Gasteiger partial charge < -0.3 is 15.3 Å². The molecule has 0 heterocycles. The zero-order valence-electron chi connectivity index (χ0n) is 17.5. The van der Waals surface area contributed by atoms with Gasteiger partial charge in [-0.15, -0.1) is 0 Å². The van der Waals surface area contributed by atoms with Gasteiger partial charge in [-0.1, -0.05) is 25.5 Å². The third kappa shape index (κ3) is 3.43. The third-order valence-corrected chi connectivity index (χ3v) is 7.90. The number of allylic oxidation sites excluding steroid dienone is 4. The van der Waals surface area contributed by atoms with Crippen LogP contribution < -0.4 is 0 Å². The summed E-state index contributed by atoms with van der Waals surface area (Å²) in [6.07, 6.45) is 4.93. The van der Waals surface area contributed by atoms with Crippen LogP contribution in [0.25, 0.3) is 0 Å². The number of fused-ring (bicyclic) bond motifs is 3. The molecule has 3 aliphatic carbocycles. The van der Waals surface area contributed by atoms with E-state index in [1.54, 1.807) is 13.0 Å². The first-order valence-electron chi connectivity index (χ1n) is 10.6. The highest BCUT2D eigenvalue weighted by atomic mass is 19.1. The lowest BCUT2D eigenvalue weighted by molar-refractivity contribution is -0.201. The Hall–Kier alpha value is -1.37. The quantitative estimate of drug-likeness (QED) is 0.628. The molecule has 0 saturated heterocycles. The summed E-state index contributed by atoms with van der Waals surface area (Å²) in [5.41, 5.74) is -3.00. The maximum absolute atomic E-state index is 17.0. The van der Waals surface area contributed by atoms with Gasteiger partial charge in [0.25, 0.3) is 0 Å². The van der Waals surface area contributed by atoms with Crippen molar-refractivity contribution in [3.05, 3.63) is 23.8 Å². The van der Waals surface area contributed by atoms with Crippen LogP contribution in [0.5, 0.6) is 0 Å². The normalized spacial score (nSPS) is 42.7. The monoisotopic (exact) mass is 408 g/mol. The largest absolute Gasteiger partial charge is 0.396 e. The minimum Gasteiger partial charge on any atom is -0.396 e. The van der Waals surface area contributed by atoms with E-state index in [0.717, 1.165) is 0 Å². The second-order valence-corrected chi connectivity index (χ2v) is 9.90. The number of aliphatic hydroxyl groups is 3. The number of carbonyl (C=O) groups excluding carboxylic acids is 2. The minimum absolute atomic E-state index is 0.0358. The third-order valence-electron chi connectivity index (χ3n) is 7.90. The van der Waals surface area contributed by atoms with E-state index < -0.39 is 35.1 Å². The Bertz CT molecular complexity index is 746. The van der Waals surface area contributed by atoms with Crippen molar-refractivity contribution >= 4 is 11.6 Å². The number of halogens is 1. The van der Waals surface area contributed by atoms with Crippen LogP contribution >= 0.6 is 0 Å². The van der Waals surface area contributed by atoms with Gasteiger partial charge in [-0.05, 0) is 62.0 Å². The summed E-state index contributed by atoms with van der Waals surface area (Å²) in [5, 5.41) is 30.0. The zero-order valence-corrected chi connectivity index (χ0v) is 17.5. The maximum atomic E-state index is 17.0. The molecular weight excluding hydrogens is 375 g/mol. The number of rotatable bonds is 6. The Morgan fingerprint density at radius 2 is 2.03 bits per heavy atom. The van der Waals surface area contributed by atoms with Crippen molar-refractivity contribution in [3.63, 3.8) is 0 Å². The van der Waals surface area contributed by atoms with Crippen molar-refractivity contribution in [2.24, 2.45) is 28.6 Å². The molecule has 6 heteroatoms. The van der Waals surface area contributed by atoms with Gasteiger partial charge in [-0.2, -0.15) is 0 Å². The molecule has 2 fully saturated rings. The van der Waals surface area contributed by atoms with Crippen LogP contribution in [0.4, 0.5) is 4.39 Å². The molecule has 7 atom stereocenters. The fraction of sp³-hybridized carbons (Fsp3) is 0.739. The van der Waals surface area contributed by atoms with Gasteiger partial charge in [-0.25, -0.2) is 4.39 Å². The highest BCUT2D eigenvalue weighted by molar-refractivity contribution is 6.01. The van der Waals surface area contributed by atoms with Crippen LogP contribution in [0, 0.1) is 28.6 Å². The molecule has 6 unspecified atom stereocenters. The lowest BCUT2D eigenvalue weighted by atomic mass is 9.44. The van der Waals surface area contributed by atoms with Crippen molar-refractivity contribution in [2.75, 3.05) is 13.2 Å². The fourth-order valence-corrected chi connectivity index (χ4v) is 6.32. The molecule has 0 aliphatic heterocycles. The van der Waals surface area contributed by atoms with Crippen molar-refractivity contribution in [1.82, 2.24) is 0 Å². The van der Waals surface area contributed by atoms with Crippen LogP contribution in [0.3, 0.4) is 0 Å². The molecule has 29 heavy (non-hydrogen) atoms. The SMILES string of the molecule is CC(CO)CC1C2CCC3=CC(=O)C=CC3(C)[C@@]2(F)C(O)CC1(C)CC(=O)CO. The minimum atomic E-state index is -1.96. The Kier molecular flexibility index (Phi) is 5.93. The van der Waals surface area contributed by atoms with E-state index in [0.29, 0.717) is 24.8 Å². The number of ketones is 2. The Morgan fingerprint density at radius 1 is 1.34 bits per heavy atom. The van der Waals surface area contributed by atoms with Gasteiger partial charge in [0.05, 0.1) is 6.10 Å². The first-order chi connectivity index (χ1) is 13.5. The lowest BCUT2D eigenvalue weighted by Gasteiger charge is -2.63. The van der Waals surface area contributed by atoms with E-state index in [-0.39, 0.29) is 42.9 Å². The molecular formula is C23H33FO5. The zero-order chi connectivity index (χ0) is 21.6. The van der Waals surface area contributed by atoms with E-state index in [2.05, 4.69) is 0 Å². The molecule has 0 bridgehead atoms. The second kappa shape index (κ2) is 7.71. The Balaban J connectivity index is 2.08. The molecule has 162 valence electrons. The van der Waals surface area contributed by atoms with Gasteiger partial charge >= 0.3 is 0 Å². The average molecular weight is 409 g/mol. The summed E-state index contributed by atoms with van der Waals surface area (Å²) >= 11 is 0. The van der Waals surface area contributed by atoms with Gasteiger partial charge in [0.15, 0.2) is 17.2 Å². The summed E-state index contributed by atoms with van der Waals surface area (Å²) in [5.74, 6) is -1.31. The van der Waals surface area contributed by atoms with Crippen molar-refractivity contribution in [1.29, 1.82) is 0 Å². The summed E-state index contributed by atoms with van der Waals surface area (Å²) in [4.78, 5) is 24.0. The molecule has 2 saturated carbocycles. The first kappa shape index (κ1) is 22.3. The number of Topliss-reactive ketones (excluding diaryl/α,β-unsaturated/α-hetero) is 1. The second-order valence-electron chi connectivity index (χ2n) is 9.90. The van der Waals surface area contributed by atoms with Crippen LogP contribution in [0.1, 0.15) is 52.9 Å². The fourth-order valence-electron chi connectivity index (χ4n) is 6.32. The van der Waals surface area contributed by atoms with E-state index >= 15 is 4.39 Å². The molecule has 0 aromatic carbocycles. The number of carbonyl (C=O) groups is 2. The number of hydrogen-bond acceptors (Lipinski definition) is 5. The Morgan fingerprint density at radius 3 is 2.66 bits per heavy atom. The van der Waals surface area contributed by atoms with Crippen LogP contribution in [-0.4, -0.2) is 51.9 Å². The highest BCUT2D eigenvalue weighted by Gasteiger charge is 2.68. The molecule has 3 rings (SSSR count). The molecule has 3 aliphatic rings. The van der Waals surface area contributed by atoms with Crippen molar-refractivity contribution in [2.45, 2.75) is 64.6 Å². The Labute approximate surface area is 171 Å². The first-order valence-corrected chi connectivity index (χ1v) is 10.6. The molecule has 0 amide bonds. The van der Waals surface area contributed by atoms with Crippen molar-refractivity contribution in [3.8, 4) is 0 Å². The topological polar surface area (TPSA) is 94.8 Å². The van der Waals surface area contributed by atoms with E-state index in [9.17, 15) is 24.9 Å². The predicted molar refractivity (Wildman–Crippen MR) is 107 cm³/mol. The number of alkyl halides is 1. The van der Waals surface area contributed by atoms with Gasteiger partial charge in [-0.3, -0.25) is 9.59 Å². The number of hydrogen-bond donors (Lipinski definition) is 3. The summed E-state index contributed by atoms with van der Waals surface area (Å²) in [7, 11) is 0. The smallest absolute Gasteiger partial charge is 0.178 e. The van der Waals surface area contributed by atoms with E-state index in [1.807, 2.05) is 13.8 Å². The lowest BCUT2D eigenvalue weighted by Crippen LogP contribution is -2.67. The molecule has 0 spiro atoms.